The molecule has 32 heavy (non-hydrogen) atoms. The maximum Gasteiger partial charge on any atom is 0.253 e. The zero-order chi connectivity index (χ0) is 21.7. The molecule has 1 saturated heterocycles. The number of likely N-dealkylation sites (tertiary alicyclic amines) is 1. The molecular formula is C29H30N2O. The van der Waals surface area contributed by atoms with Gasteiger partial charge in [0.05, 0.1) is 6.04 Å². The van der Waals surface area contributed by atoms with E-state index in [0.29, 0.717) is 11.8 Å². The van der Waals surface area contributed by atoms with Crippen molar-refractivity contribution in [2.45, 2.75) is 38.1 Å². The van der Waals surface area contributed by atoms with Crippen molar-refractivity contribution in [3.63, 3.8) is 0 Å². The molecule has 6 rings (SSSR count). The standard InChI is InChI=1S/C29H30N2O/c1-19-14-16-31(17-15-19)29(32)21-12-13-27-26(18-21)23-9-5-11-25(23)28(30-27)24-10-4-7-20-6-2-3-8-22(20)24/h2-10,12-13,18-19,23,25,28,30H,11,14-17H2,1H3. The minimum Gasteiger partial charge on any atom is -0.378 e. The average molecular weight is 423 g/mol. The van der Waals surface area contributed by atoms with Gasteiger partial charge in [0.25, 0.3) is 5.91 Å². The molecule has 0 aromatic heterocycles. The number of fused-ring (bicyclic) bond motifs is 4. The number of anilines is 1. The maximum absolute atomic E-state index is 13.2. The highest BCUT2D eigenvalue weighted by atomic mass is 16.2. The van der Waals surface area contributed by atoms with Crippen molar-refractivity contribution in [3.8, 4) is 0 Å². The van der Waals surface area contributed by atoms with Crippen LogP contribution in [0.5, 0.6) is 0 Å². The fraction of sp³-hybridized carbons (Fsp3) is 0.345. The molecule has 162 valence electrons. The molecule has 0 saturated carbocycles. The molecule has 3 atom stereocenters. The number of hydrogen-bond acceptors (Lipinski definition) is 2. The van der Waals surface area contributed by atoms with Gasteiger partial charge in [-0.1, -0.05) is 61.5 Å². The minimum absolute atomic E-state index is 0.189. The average Bonchev–Trinajstić information content (AvgIpc) is 3.33. The van der Waals surface area contributed by atoms with E-state index < -0.39 is 0 Å². The number of allylic oxidation sites excluding steroid dienone is 2. The second-order valence-corrected chi connectivity index (χ2v) is 9.82. The van der Waals surface area contributed by atoms with Gasteiger partial charge in [0.15, 0.2) is 0 Å². The third-order valence-corrected chi connectivity index (χ3v) is 7.84. The first kappa shape index (κ1) is 19.6. The van der Waals surface area contributed by atoms with Gasteiger partial charge < -0.3 is 10.2 Å². The molecule has 2 heterocycles. The lowest BCUT2D eigenvalue weighted by molar-refractivity contribution is 0.0697. The Morgan fingerprint density at radius 2 is 1.78 bits per heavy atom. The second-order valence-electron chi connectivity index (χ2n) is 9.82. The van der Waals surface area contributed by atoms with Crippen molar-refractivity contribution in [1.82, 2.24) is 4.90 Å². The van der Waals surface area contributed by atoms with E-state index in [1.807, 2.05) is 11.0 Å². The summed E-state index contributed by atoms with van der Waals surface area (Å²) in [7, 11) is 0. The van der Waals surface area contributed by atoms with Gasteiger partial charge in [-0.3, -0.25) is 4.79 Å². The van der Waals surface area contributed by atoms with Crippen LogP contribution in [0.4, 0.5) is 5.69 Å². The van der Waals surface area contributed by atoms with Crippen LogP contribution in [-0.2, 0) is 0 Å². The topological polar surface area (TPSA) is 32.3 Å². The summed E-state index contributed by atoms with van der Waals surface area (Å²) < 4.78 is 0. The first-order valence-corrected chi connectivity index (χ1v) is 12.0. The van der Waals surface area contributed by atoms with Crippen LogP contribution < -0.4 is 5.32 Å². The van der Waals surface area contributed by atoms with Crippen LogP contribution in [0.25, 0.3) is 10.8 Å². The van der Waals surface area contributed by atoms with Crippen molar-refractivity contribution in [1.29, 1.82) is 0 Å². The normalized spacial score (nSPS) is 24.8. The smallest absolute Gasteiger partial charge is 0.253 e. The number of rotatable bonds is 2. The predicted molar refractivity (Wildman–Crippen MR) is 131 cm³/mol. The SMILES string of the molecule is CC1CCN(C(=O)c2ccc3c(c2)C2C=CCC2C(c2cccc4ccccc24)N3)CC1. The summed E-state index contributed by atoms with van der Waals surface area (Å²) in [6, 6.07) is 21.9. The number of carbonyl (C=O) groups excluding carboxylic acids is 1. The molecule has 1 N–H and O–H groups in total. The Kier molecular flexibility index (Phi) is 4.78. The van der Waals surface area contributed by atoms with Crippen LogP contribution in [0.1, 0.15) is 59.6 Å². The minimum atomic E-state index is 0.189. The number of hydrogen-bond donors (Lipinski definition) is 1. The Morgan fingerprint density at radius 3 is 2.66 bits per heavy atom. The van der Waals surface area contributed by atoms with Crippen LogP contribution in [0.3, 0.4) is 0 Å². The lowest BCUT2D eigenvalue weighted by atomic mass is 9.76. The van der Waals surface area contributed by atoms with Crippen molar-refractivity contribution in [2.24, 2.45) is 11.8 Å². The summed E-state index contributed by atoms with van der Waals surface area (Å²) in [5.41, 5.74) is 4.65. The van der Waals surface area contributed by atoms with Gasteiger partial charge in [-0.25, -0.2) is 0 Å². The van der Waals surface area contributed by atoms with Crippen molar-refractivity contribution in [3.05, 3.63) is 89.5 Å². The Bertz CT molecular complexity index is 1200. The molecule has 0 radical (unpaired) electrons. The van der Waals surface area contributed by atoms with E-state index in [4.69, 9.17) is 0 Å². The van der Waals surface area contributed by atoms with E-state index in [2.05, 4.69) is 79.0 Å². The monoisotopic (exact) mass is 422 g/mol. The molecule has 3 unspecified atom stereocenters. The first-order chi connectivity index (χ1) is 15.7. The number of carbonyl (C=O) groups is 1. The third kappa shape index (κ3) is 3.23. The Labute approximate surface area is 190 Å². The van der Waals surface area contributed by atoms with E-state index in [-0.39, 0.29) is 11.9 Å². The summed E-state index contributed by atoms with van der Waals surface area (Å²) in [6.07, 6.45) is 7.97. The van der Waals surface area contributed by atoms with E-state index in [0.717, 1.165) is 43.8 Å². The largest absolute Gasteiger partial charge is 0.378 e. The second kappa shape index (κ2) is 7.81. The third-order valence-electron chi connectivity index (χ3n) is 7.84. The first-order valence-electron chi connectivity index (χ1n) is 12.0. The van der Waals surface area contributed by atoms with Gasteiger partial charge in [-0.05, 0) is 71.2 Å². The lowest BCUT2D eigenvalue weighted by Crippen LogP contribution is -2.38. The van der Waals surface area contributed by atoms with Gasteiger partial charge in [0.1, 0.15) is 0 Å². The molecule has 3 heteroatoms. The molecule has 1 amide bonds. The van der Waals surface area contributed by atoms with Crippen LogP contribution in [0, 0.1) is 11.8 Å². The molecule has 3 aromatic carbocycles. The number of amides is 1. The summed E-state index contributed by atoms with van der Waals surface area (Å²) in [4.78, 5) is 15.2. The lowest BCUT2D eigenvalue weighted by Gasteiger charge is -2.38. The Hall–Kier alpha value is -3.07. The van der Waals surface area contributed by atoms with E-state index >= 15 is 0 Å². The molecule has 2 aliphatic heterocycles. The predicted octanol–water partition coefficient (Wildman–Crippen LogP) is 6.54. The number of benzene rings is 3. The Balaban J connectivity index is 1.35. The highest BCUT2D eigenvalue weighted by molar-refractivity contribution is 5.95. The van der Waals surface area contributed by atoms with Gasteiger partial charge in [-0.15, -0.1) is 0 Å². The quantitative estimate of drug-likeness (QED) is 0.476. The molecule has 0 spiro atoms. The van der Waals surface area contributed by atoms with Crippen molar-refractivity contribution in [2.75, 3.05) is 18.4 Å². The van der Waals surface area contributed by atoms with Gasteiger partial charge in [0, 0.05) is 30.3 Å². The number of nitrogens with zero attached hydrogens (tertiary/aromatic N) is 1. The van der Waals surface area contributed by atoms with E-state index in [1.54, 1.807) is 0 Å². The maximum atomic E-state index is 13.2. The number of nitrogens with one attached hydrogen (secondary N) is 1. The summed E-state index contributed by atoms with van der Waals surface area (Å²) in [5, 5.41) is 6.48. The van der Waals surface area contributed by atoms with Crippen LogP contribution in [0.2, 0.25) is 0 Å². The highest BCUT2D eigenvalue weighted by Crippen LogP contribution is 2.50. The van der Waals surface area contributed by atoms with Crippen LogP contribution in [-0.4, -0.2) is 23.9 Å². The van der Waals surface area contributed by atoms with Crippen molar-refractivity contribution >= 4 is 22.4 Å². The van der Waals surface area contributed by atoms with Crippen LogP contribution >= 0.6 is 0 Å². The molecule has 0 bridgehead atoms. The molecule has 1 fully saturated rings. The van der Waals surface area contributed by atoms with Crippen LogP contribution in [0.15, 0.2) is 72.8 Å². The molecular weight excluding hydrogens is 392 g/mol. The zero-order valence-corrected chi connectivity index (χ0v) is 18.6. The highest BCUT2D eigenvalue weighted by Gasteiger charge is 2.38. The molecule has 3 aliphatic rings. The molecule has 1 aliphatic carbocycles. The summed E-state index contributed by atoms with van der Waals surface area (Å²) in [6.45, 7) is 4.04. The fourth-order valence-corrected chi connectivity index (χ4v) is 5.95. The fourth-order valence-electron chi connectivity index (χ4n) is 5.95. The summed E-state index contributed by atoms with van der Waals surface area (Å²) in [5.74, 6) is 1.73. The summed E-state index contributed by atoms with van der Waals surface area (Å²) >= 11 is 0. The van der Waals surface area contributed by atoms with Crippen molar-refractivity contribution < 1.29 is 4.79 Å². The molecule has 3 aromatic rings. The van der Waals surface area contributed by atoms with Gasteiger partial charge in [0.2, 0.25) is 0 Å². The zero-order valence-electron chi connectivity index (χ0n) is 18.6. The molecule has 3 nitrogen and oxygen atoms in total. The Morgan fingerprint density at radius 1 is 0.969 bits per heavy atom. The van der Waals surface area contributed by atoms with E-state index in [1.165, 1.54) is 27.6 Å². The number of piperidine rings is 1. The van der Waals surface area contributed by atoms with E-state index in [9.17, 15) is 4.79 Å². The van der Waals surface area contributed by atoms with Gasteiger partial charge in [-0.2, -0.15) is 0 Å². The van der Waals surface area contributed by atoms with Gasteiger partial charge >= 0.3 is 0 Å².